The van der Waals surface area contributed by atoms with Crippen LogP contribution in [0, 0.1) is 0 Å². The highest BCUT2D eigenvalue weighted by Crippen LogP contribution is 2.24. The number of nitrogens with zero attached hydrogens (tertiary/aromatic N) is 2. The van der Waals surface area contributed by atoms with Gasteiger partial charge in [-0.1, -0.05) is 45.0 Å². The Morgan fingerprint density at radius 3 is 2.06 bits per heavy atom. The van der Waals surface area contributed by atoms with E-state index in [9.17, 15) is 13.2 Å². The fraction of sp³-hybridized carbons (Fsp3) is 0.391. The minimum Gasteiger partial charge on any atom is -0.497 e. The molecule has 8 heteroatoms. The molecule has 0 aromatic heterocycles. The molecule has 31 heavy (non-hydrogen) atoms. The molecule has 0 saturated carbocycles. The topological polar surface area (TPSA) is 88.1 Å². The first kappa shape index (κ1) is 24.4. The number of carbonyl (C=O) groups excluding carboxylic acids is 1. The molecule has 0 aliphatic rings. The number of sulfonamides is 1. The van der Waals surface area contributed by atoms with Crippen LogP contribution in [0.2, 0.25) is 0 Å². The van der Waals surface area contributed by atoms with E-state index in [1.54, 1.807) is 31.2 Å². The predicted octanol–water partition coefficient (Wildman–Crippen LogP) is 3.69. The molecule has 1 atom stereocenters. The first-order chi connectivity index (χ1) is 14.3. The number of hydrazone groups is 1. The highest BCUT2D eigenvalue weighted by atomic mass is 32.2. The maximum atomic E-state index is 12.7. The van der Waals surface area contributed by atoms with Gasteiger partial charge >= 0.3 is 0 Å². The fourth-order valence-electron chi connectivity index (χ4n) is 3.05. The molecule has 168 valence electrons. The molecule has 2 aromatic rings. The highest BCUT2D eigenvalue weighted by molar-refractivity contribution is 7.92. The van der Waals surface area contributed by atoms with Gasteiger partial charge in [0.25, 0.3) is 5.91 Å². The number of anilines is 1. The zero-order chi connectivity index (χ0) is 23.4. The average Bonchev–Trinajstić information content (AvgIpc) is 2.70. The van der Waals surface area contributed by atoms with Crippen LogP contribution in [0.1, 0.15) is 45.7 Å². The van der Waals surface area contributed by atoms with Gasteiger partial charge < -0.3 is 4.74 Å². The van der Waals surface area contributed by atoms with Crippen LogP contribution in [0.3, 0.4) is 0 Å². The number of ether oxygens (including phenoxy) is 1. The van der Waals surface area contributed by atoms with Crippen molar-refractivity contribution in [1.29, 1.82) is 0 Å². The summed E-state index contributed by atoms with van der Waals surface area (Å²) in [6.07, 6.45) is 1.06. The molecule has 0 fully saturated rings. The minimum absolute atomic E-state index is 0.0454. The summed E-state index contributed by atoms with van der Waals surface area (Å²) >= 11 is 0. The molecule has 0 unspecified atom stereocenters. The van der Waals surface area contributed by atoms with Crippen LogP contribution in [0.25, 0.3) is 0 Å². The standard InChI is InChI=1S/C23H31N3O4S/c1-16(18-8-10-19(11-9-18)23(3,4)5)24-25-22(27)17(2)26(31(7,28)29)20-12-14-21(30-6)15-13-20/h8-15,17H,1-7H3,(H,25,27)/b24-16-/t17-/m1/s1. The van der Waals surface area contributed by atoms with Crippen LogP contribution in [0.5, 0.6) is 5.75 Å². The Hall–Kier alpha value is -2.87. The average molecular weight is 446 g/mol. The summed E-state index contributed by atoms with van der Waals surface area (Å²) < 4.78 is 30.9. The number of benzene rings is 2. The third kappa shape index (κ3) is 6.30. The first-order valence-corrected chi connectivity index (χ1v) is 11.8. The third-order valence-corrected chi connectivity index (χ3v) is 6.16. The van der Waals surface area contributed by atoms with Crippen LogP contribution in [-0.2, 0) is 20.2 Å². The van der Waals surface area contributed by atoms with E-state index in [4.69, 9.17) is 4.74 Å². The molecule has 0 saturated heterocycles. The summed E-state index contributed by atoms with van der Waals surface area (Å²) in [6, 6.07) is 13.4. The molecular formula is C23H31N3O4S. The van der Waals surface area contributed by atoms with E-state index in [2.05, 4.69) is 31.3 Å². The lowest BCUT2D eigenvalue weighted by molar-refractivity contribution is -0.121. The normalized spacial score (nSPS) is 13.5. The summed E-state index contributed by atoms with van der Waals surface area (Å²) in [7, 11) is -2.18. The number of hydrogen-bond acceptors (Lipinski definition) is 5. The van der Waals surface area contributed by atoms with E-state index in [1.807, 2.05) is 24.3 Å². The SMILES string of the molecule is COc1ccc(N([C@H](C)C(=O)N/N=C(/C)c2ccc(C(C)(C)C)cc2)S(C)(=O)=O)cc1. The molecule has 2 aromatic carbocycles. The van der Waals surface area contributed by atoms with Crippen LogP contribution in [-0.4, -0.2) is 39.4 Å². The summed E-state index contributed by atoms with van der Waals surface area (Å²) in [5.74, 6) is 0.0546. The van der Waals surface area contributed by atoms with Crippen molar-refractivity contribution in [2.45, 2.75) is 46.1 Å². The molecule has 0 aliphatic carbocycles. The number of nitrogens with one attached hydrogen (secondary N) is 1. The minimum atomic E-state index is -3.71. The van der Waals surface area contributed by atoms with E-state index >= 15 is 0 Å². The number of hydrogen-bond donors (Lipinski definition) is 1. The first-order valence-electron chi connectivity index (χ1n) is 9.93. The van der Waals surface area contributed by atoms with Crippen LogP contribution < -0.4 is 14.5 Å². The molecule has 0 spiro atoms. The van der Waals surface area contributed by atoms with Crippen molar-refractivity contribution < 1.29 is 17.9 Å². The Morgan fingerprint density at radius 1 is 1.06 bits per heavy atom. The third-order valence-electron chi connectivity index (χ3n) is 4.92. The monoisotopic (exact) mass is 445 g/mol. The Kier molecular flexibility index (Phi) is 7.49. The largest absolute Gasteiger partial charge is 0.497 e. The highest BCUT2D eigenvalue weighted by Gasteiger charge is 2.29. The Labute approximate surface area is 185 Å². The quantitative estimate of drug-likeness (QED) is 0.520. The maximum Gasteiger partial charge on any atom is 0.263 e. The van der Waals surface area contributed by atoms with Gasteiger partial charge in [0.1, 0.15) is 11.8 Å². The molecule has 0 heterocycles. The zero-order valence-electron chi connectivity index (χ0n) is 19.1. The Balaban J connectivity index is 2.19. The van der Waals surface area contributed by atoms with Crippen LogP contribution >= 0.6 is 0 Å². The lowest BCUT2D eigenvalue weighted by Crippen LogP contribution is -2.46. The fourth-order valence-corrected chi connectivity index (χ4v) is 4.22. The zero-order valence-corrected chi connectivity index (χ0v) is 19.9. The number of carbonyl (C=O) groups is 1. The second kappa shape index (κ2) is 9.51. The molecule has 1 N–H and O–H groups in total. The molecular weight excluding hydrogens is 414 g/mol. The molecule has 0 radical (unpaired) electrons. The number of rotatable bonds is 7. The van der Waals surface area contributed by atoms with E-state index in [-0.39, 0.29) is 5.41 Å². The van der Waals surface area contributed by atoms with Crippen molar-refractivity contribution in [3.63, 3.8) is 0 Å². The Morgan fingerprint density at radius 2 is 1.61 bits per heavy atom. The Bertz CT molecular complexity index is 1040. The van der Waals surface area contributed by atoms with Crippen LogP contribution in [0.15, 0.2) is 53.6 Å². The van der Waals surface area contributed by atoms with Gasteiger partial charge in [-0.05, 0) is 54.7 Å². The van der Waals surface area contributed by atoms with Gasteiger partial charge in [-0.25, -0.2) is 13.8 Å². The van der Waals surface area contributed by atoms with Crippen molar-refractivity contribution in [1.82, 2.24) is 5.43 Å². The summed E-state index contributed by atoms with van der Waals surface area (Å²) in [6.45, 7) is 9.72. The van der Waals surface area contributed by atoms with E-state index < -0.39 is 22.0 Å². The second-order valence-electron chi connectivity index (χ2n) is 8.43. The molecule has 1 amide bonds. The van der Waals surface area contributed by atoms with Crippen LogP contribution in [0.4, 0.5) is 5.69 Å². The van der Waals surface area contributed by atoms with Gasteiger partial charge in [0.05, 0.1) is 24.8 Å². The van der Waals surface area contributed by atoms with Gasteiger partial charge in [0.15, 0.2) is 0 Å². The van der Waals surface area contributed by atoms with Crippen molar-refractivity contribution >= 4 is 27.3 Å². The van der Waals surface area contributed by atoms with Gasteiger partial charge in [-0.3, -0.25) is 9.10 Å². The van der Waals surface area contributed by atoms with Crippen molar-refractivity contribution in [3.8, 4) is 5.75 Å². The summed E-state index contributed by atoms with van der Waals surface area (Å²) in [4.78, 5) is 12.7. The van der Waals surface area contributed by atoms with Gasteiger partial charge in [0.2, 0.25) is 10.0 Å². The molecule has 7 nitrogen and oxygen atoms in total. The van der Waals surface area contributed by atoms with E-state index in [0.717, 1.165) is 16.1 Å². The predicted molar refractivity (Wildman–Crippen MR) is 125 cm³/mol. The van der Waals surface area contributed by atoms with E-state index in [0.29, 0.717) is 17.1 Å². The lowest BCUT2D eigenvalue weighted by Gasteiger charge is -2.27. The smallest absolute Gasteiger partial charge is 0.263 e. The summed E-state index contributed by atoms with van der Waals surface area (Å²) in [5.41, 5.74) is 5.59. The number of methoxy groups -OCH3 is 1. The van der Waals surface area contributed by atoms with Crippen molar-refractivity contribution in [2.75, 3.05) is 17.7 Å². The summed E-state index contributed by atoms with van der Waals surface area (Å²) in [5, 5.41) is 4.17. The number of amides is 1. The van der Waals surface area contributed by atoms with Gasteiger partial charge in [-0.15, -0.1) is 0 Å². The van der Waals surface area contributed by atoms with Crippen molar-refractivity contribution in [2.24, 2.45) is 5.10 Å². The maximum absolute atomic E-state index is 12.7. The van der Waals surface area contributed by atoms with E-state index in [1.165, 1.54) is 19.6 Å². The molecule has 2 rings (SSSR count). The van der Waals surface area contributed by atoms with Gasteiger partial charge in [0, 0.05) is 0 Å². The van der Waals surface area contributed by atoms with Gasteiger partial charge in [-0.2, -0.15) is 5.10 Å². The lowest BCUT2D eigenvalue weighted by atomic mass is 9.86. The second-order valence-corrected chi connectivity index (χ2v) is 10.3. The molecule has 0 bridgehead atoms. The molecule has 0 aliphatic heterocycles. The van der Waals surface area contributed by atoms with Crippen molar-refractivity contribution in [3.05, 3.63) is 59.7 Å².